The van der Waals surface area contributed by atoms with E-state index in [4.69, 9.17) is 9.47 Å². The summed E-state index contributed by atoms with van der Waals surface area (Å²) in [5.41, 5.74) is 4.16. The number of nitrogens with zero attached hydrogens (tertiary/aromatic N) is 1. The molecule has 5 rings (SSSR count). The minimum atomic E-state index is 0.132. The van der Waals surface area contributed by atoms with E-state index < -0.39 is 0 Å². The van der Waals surface area contributed by atoms with E-state index >= 15 is 0 Å². The van der Waals surface area contributed by atoms with Gasteiger partial charge in [0, 0.05) is 36.6 Å². The fourth-order valence-corrected chi connectivity index (χ4v) is 4.65. The van der Waals surface area contributed by atoms with Crippen LogP contribution >= 0.6 is 0 Å². The minimum Gasteiger partial charge on any atom is -0.493 e. The average molecular weight is 386 g/mol. The van der Waals surface area contributed by atoms with Crippen LogP contribution < -0.4 is 9.47 Å². The zero-order valence-electron chi connectivity index (χ0n) is 16.7. The maximum Gasteiger partial charge on any atom is 0.126 e. The first-order valence-corrected chi connectivity index (χ1v) is 10.5. The van der Waals surface area contributed by atoms with Crippen molar-refractivity contribution in [3.05, 3.63) is 95.6 Å². The van der Waals surface area contributed by atoms with Crippen molar-refractivity contribution >= 4 is 0 Å². The molecule has 29 heavy (non-hydrogen) atoms. The highest BCUT2D eigenvalue weighted by molar-refractivity contribution is 5.49. The van der Waals surface area contributed by atoms with Gasteiger partial charge in [0.1, 0.15) is 11.5 Å². The zero-order chi connectivity index (χ0) is 19.5. The third-order valence-electron chi connectivity index (χ3n) is 6.21. The molecule has 2 aliphatic rings. The molecule has 3 aromatic carbocycles. The van der Waals surface area contributed by atoms with E-state index in [2.05, 4.69) is 77.7 Å². The van der Waals surface area contributed by atoms with E-state index in [-0.39, 0.29) is 5.41 Å². The van der Waals surface area contributed by atoms with Gasteiger partial charge < -0.3 is 9.47 Å². The molecule has 148 valence electrons. The molecule has 2 aliphatic heterocycles. The van der Waals surface area contributed by atoms with E-state index in [0.717, 1.165) is 50.6 Å². The summed E-state index contributed by atoms with van der Waals surface area (Å²) in [6.45, 7) is 4.65. The number of benzene rings is 3. The molecular weight excluding hydrogens is 358 g/mol. The van der Waals surface area contributed by atoms with Crippen LogP contribution in [0.15, 0.2) is 78.9 Å². The predicted octanol–water partition coefficient (Wildman–Crippen LogP) is 4.84. The van der Waals surface area contributed by atoms with Gasteiger partial charge in [0.15, 0.2) is 0 Å². The highest BCUT2D eigenvalue weighted by atomic mass is 16.5. The number of ether oxygens (including phenoxy) is 2. The molecule has 3 heteroatoms. The Balaban J connectivity index is 1.22. The number of rotatable bonds is 6. The molecule has 0 bridgehead atoms. The van der Waals surface area contributed by atoms with E-state index in [1.54, 1.807) is 0 Å². The SMILES string of the molecule is c1ccc(CCOc2ccc3c(c2)OCC32CCN(Cc3ccccc3)C2)cc1. The first-order valence-electron chi connectivity index (χ1n) is 10.5. The summed E-state index contributed by atoms with van der Waals surface area (Å²) in [6, 6.07) is 27.6. The van der Waals surface area contributed by atoms with Crippen LogP contribution in [-0.2, 0) is 18.4 Å². The van der Waals surface area contributed by atoms with Crippen LogP contribution in [0.5, 0.6) is 11.5 Å². The Morgan fingerprint density at radius 2 is 1.66 bits per heavy atom. The Kier molecular flexibility index (Phi) is 4.99. The average Bonchev–Trinajstić information content (AvgIpc) is 3.33. The lowest BCUT2D eigenvalue weighted by molar-refractivity contribution is 0.247. The van der Waals surface area contributed by atoms with Gasteiger partial charge >= 0.3 is 0 Å². The van der Waals surface area contributed by atoms with Gasteiger partial charge in [-0.15, -0.1) is 0 Å². The van der Waals surface area contributed by atoms with Gasteiger partial charge in [-0.2, -0.15) is 0 Å². The first kappa shape index (κ1) is 18.3. The van der Waals surface area contributed by atoms with E-state index in [9.17, 15) is 0 Å². The maximum atomic E-state index is 6.13. The molecule has 1 saturated heterocycles. The van der Waals surface area contributed by atoms with Crippen molar-refractivity contribution in [2.45, 2.75) is 24.8 Å². The molecule has 1 fully saturated rings. The molecule has 1 unspecified atom stereocenters. The van der Waals surface area contributed by atoms with Crippen LogP contribution in [0.2, 0.25) is 0 Å². The summed E-state index contributed by atoms with van der Waals surface area (Å²) in [5.74, 6) is 1.90. The van der Waals surface area contributed by atoms with Gasteiger partial charge in [-0.1, -0.05) is 66.7 Å². The normalized spacial score (nSPS) is 20.6. The molecule has 0 amide bonds. The van der Waals surface area contributed by atoms with Crippen LogP contribution in [0.1, 0.15) is 23.1 Å². The first-order chi connectivity index (χ1) is 14.3. The molecule has 1 atom stereocenters. The zero-order valence-corrected chi connectivity index (χ0v) is 16.7. The summed E-state index contributed by atoms with van der Waals surface area (Å²) in [7, 11) is 0. The second kappa shape index (κ2) is 7.92. The summed E-state index contributed by atoms with van der Waals surface area (Å²) in [6.07, 6.45) is 2.07. The molecule has 0 aliphatic carbocycles. The summed E-state index contributed by atoms with van der Waals surface area (Å²) in [4.78, 5) is 2.55. The van der Waals surface area contributed by atoms with Crippen LogP contribution in [-0.4, -0.2) is 31.2 Å². The molecule has 1 spiro atoms. The number of hydrogen-bond acceptors (Lipinski definition) is 3. The third-order valence-corrected chi connectivity index (χ3v) is 6.21. The lowest BCUT2D eigenvalue weighted by Gasteiger charge is -2.23. The summed E-state index contributed by atoms with van der Waals surface area (Å²) >= 11 is 0. The Hall–Kier alpha value is -2.78. The number of likely N-dealkylation sites (tertiary alicyclic amines) is 1. The second-order valence-electron chi connectivity index (χ2n) is 8.26. The fourth-order valence-electron chi connectivity index (χ4n) is 4.65. The molecule has 0 N–H and O–H groups in total. The van der Waals surface area contributed by atoms with Gasteiger partial charge in [0.2, 0.25) is 0 Å². The second-order valence-corrected chi connectivity index (χ2v) is 8.26. The smallest absolute Gasteiger partial charge is 0.126 e. The Labute approximate surface area is 172 Å². The lowest BCUT2D eigenvalue weighted by atomic mass is 9.82. The summed E-state index contributed by atoms with van der Waals surface area (Å²) in [5, 5.41) is 0. The molecule has 2 heterocycles. The third kappa shape index (κ3) is 3.88. The van der Waals surface area contributed by atoms with Crippen molar-refractivity contribution < 1.29 is 9.47 Å². The van der Waals surface area contributed by atoms with Crippen molar-refractivity contribution in [2.75, 3.05) is 26.3 Å². The molecule has 3 nitrogen and oxygen atoms in total. The maximum absolute atomic E-state index is 6.13. The number of fused-ring (bicyclic) bond motifs is 2. The van der Waals surface area contributed by atoms with Crippen molar-refractivity contribution in [1.29, 1.82) is 0 Å². The minimum absolute atomic E-state index is 0.132. The quantitative estimate of drug-likeness (QED) is 0.606. The Bertz CT molecular complexity index is 957. The van der Waals surface area contributed by atoms with Crippen LogP contribution in [0, 0.1) is 0 Å². The van der Waals surface area contributed by atoms with Crippen molar-refractivity contribution in [3.63, 3.8) is 0 Å². The van der Waals surface area contributed by atoms with Crippen LogP contribution in [0.25, 0.3) is 0 Å². The fraction of sp³-hybridized carbons (Fsp3) is 0.308. The van der Waals surface area contributed by atoms with Crippen molar-refractivity contribution in [2.24, 2.45) is 0 Å². The topological polar surface area (TPSA) is 21.7 Å². The molecular formula is C26H27NO2. The highest BCUT2D eigenvalue weighted by Gasteiger charge is 2.45. The van der Waals surface area contributed by atoms with Crippen LogP contribution in [0.3, 0.4) is 0 Å². The van der Waals surface area contributed by atoms with Crippen LogP contribution in [0.4, 0.5) is 0 Å². The van der Waals surface area contributed by atoms with E-state index in [0.29, 0.717) is 6.61 Å². The van der Waals surface area contributed by atoms with Gasteiger partial charge in [-0.25, -0.2) is 0 Å². The molecule has 0 radical (unpaired) electrons. The van der Waals surface area contributed by atoms with Gasteiger partial charge in [-0.05, 0) is 30.2 Å². The van der Waals surface area contributed by atoms with Gasteiger partial charge in [-0.3, -0.25) is 4.90 Å². The molecule has 0 aromatic heterocycles. The highest BCUT2D eigenvalue weighted by Crippen LogP contribution is 2.46. The monoisotopic (exact) mass is 385 g/mol. The Morgan fingerprint density at radius 3 is 2.45 bits per heavy atom. The number of hydrogen-bond donors (Lipinski definition) is 0. The van der Waals surface area contributed by atoms with Crippen molar-refractivity contribution in [3.8, 4) is 11.5 Å². The lowest BCUT2D eigenvalue weighted by Crippen LogP contribution is -2.32. The van der Waals surface area contributed by atoms with E-state index in [1.165, 1.54) is 16.7 Å². The standard InChI is InChI=1S/C26H27NO2/c1-3-7-21(8-4-1)13-16-28-23-11-12-24-25(17-23)29-20-26(24)14-15-27(19-26)18-22-9-5-2-6-10-22/h1-12,17H,13-16,18-20H2. The van der Waals surface area contributed by atoms with Gasteiger partial charge in [0.05, 0.1) is 13.2 Å². The summed E-state index contributed by atoms with van der Waals surface area (Å²) < 4.78 is 12.1. The molecule has 0 saturated carbocycles. The molecule has 3 aromatic rings. The Morgan fingerprint density at radius 1 is 0.897 bits per heavy atom. The van der Waals surface area contributed by atoms with Gasteiger partial charge in [0.25, 0.3) is 0 Å². The largest absolute Gasteiger partial charge is 0.493 e. The van der Waals surface area contributed by atoms with Crippen molar-refractivity contribution in [1.82, 2.24) is 4.90 Å². The van der Waals surface area contributed by atoms with E-state index in [1.807, 2.05) is 6.07 Å². The predicted molar refractivity (Wildman–Crippen MR) is 116 cm³/mol.